The van der Waals surface area contributed by atoms with Gasteiger partial charge in [-0.1, -0.05) is 19.9 Å². The highest BCUT2D eigenvalue weighted by Gasteiger charge is 2.37. The van der Waals surface area contributed by atoms with Gasteiger partial charge in [-0.15, -0.1) is 0 Å². The number of halogens is 1. The lowest BCUT2D eigenvalue weighted by Crippen LogP contribution is -2.42. The van der Waals surface area contributed by atoms with Gasteiger partial charge >= 0.3 is 0 Å². The quantitative estimate of drug-likeness (QED) is 0.609. The maximum atomic E-state index is 14.4. The number of rotatable bonds is 6. The molecule has 3 heterocycles. The molecular weight excluding hydrogens is 423 g/mol. The zero-order valence-corrected chi connectivity index (χ0v) is 19.2. The summed E-state index contributed by atoms with van der Waals surface area (Å²) in [6.45, 7) is 6.54. The molecule has 4 rings (SSSR count). The number of nitrogens with zero attached hydrogens (tertiary/aromatic N) is 5. The van der Waals surface area contributed by atoms with E-state index in [-0.39, 0.29) is 17.9 Å². The van der Waals surface area contributed by atoms with Gasteiger partial charge < -0.3 is 15.4 Å². The van der Waals surface area contributed by atoms with E-state index in [4.69, 9.17) is 10.5 Å². The molecule has 1 aliphatic rings. The summed E-state index contributed by atoms with van der Waals surface area (Å²) in [5.74, 6) is 0.302. The van der Waals surface area contributed by atoms with Gasteiger partial charge in [0.1, 0.15) is 5.82 Å². The number of amides is 1. The van der Waals surface area contributed by atoms with Gasteiger partial charge in [-0.3, -0.25) is 9.78 Å². The minimum Gasteiger partial charge on any atom is -0.480 e. The fraction of sp³-hybridized carbons (Fsp3) is 0.375. The summed E-state index contributed by atoms with van der Waals surface area (Å²) >= 11 is 0. The standard InChI is InChI=1S/C24H27FN6O2/c1-13(2)7-8-31-20(10-18-22(23(31)32)14(3)28-24(26)30-18)16-6-5-15(25)9-17(16)19-11-27-12-21(29-19)33-4/h5-6,9,11-13,20H,7-8,10H2,1-4H3,(H2,26,28,30). The predicted molar refractivity (Wildman–Crippen MR) is 122 cm³/mol. The molecule has 0 spiro atoms. The van der Waals surface area contributed by atoms with Crippen LogP contribution in [-0.2, 0) is 6.42 Å². The molecule has 0 bridgehead atoms. The number of aryl methyl sites for hydroxylation is 1. The fourth-order valence-electron chi connectivity index (χ4n) is 4.21. The third-order valence-corrected chi connectivity index (χ3v) is 5.84. The zero-order chi connectivity index (χ0) is 23.7. The number of benzene rings is 1. The highest BCUT2D eigenvalue weighted by molar-refractivity contribution is 5.98. The third-order valence-electron chi connectivity index (χ3n) is 5.84. The van der Waals surface area contributed by atoms with E-state index in [1.165, 1.54) is 25.4 Å². The number of hydrogen-bond donors (Lipinski definition) is 1. The van der Waals surface area contributed by atoms with E-state index < -0.39 is 5.82 Å². The van der Waals surface area contributed by atoms with Gasteiger partial charge in [0.2, 0.25) is 11.8 Å². The van der Waals surface area contributed by atoms with Gasteiger partial charge in [-0.25, -0.2) is 19.3 Å². The van der Waals surface area contributed by atoms with Crippen molar-refractivity contribution in [1.82, 2.24) is 24.8 Å². The van der Waals surface area contributed by atoms with Crippen LogP contribution in [0.3, 0.4) is 0 Å². The summed E-state index contributed by atoms with van der Waals surface area (Å²) in [6, 6.07) is 4.14. The lowest BCUT2D eigenvalue weighted by Gasteiger charge is -2.38. The molecule has 1 aromatic carbocycles. The van der Waals surface area contributed by atoms with Crippen LogP contribution in [0.5, 0.6) is 5.88 Å². The first-order valence-corrected chi connectivity index (χ1v) is 10.9. The van der Waals surface area contributed by atoms with Crippen LogP contribution in [0.1, 0.15) is 53.6 Å². The largest absolute Gasteiger partial charge is 0.480 e. The minimum atomic E-state index is -0.406. The number of carbonyl (C=O) groups is 1. The van der Waals surface area contributed by atoms with Crippen molar-refractivity contribution in [3.63, 3.8) is 0 Å². The molecule has 1 unspecified atom stereocenters. The molecule has 172 valence electrons. The lowest BCUT2D eigenvalue weighted by atomic mass is 9.88. The van der Waals surface area contributed by atoms with Crippen LogP contribution in [-0.4, -0.2) is 44.4 Å². The number of nitrogen functional groups attached to an aromatic ring is 1. The van der Waals surface area contributed by atoms with Crippen molar-refractivity contribution in [3.05, 3.63) is 58.9 Å². The van der Waals surface area contributed by atoms with Crippen molar-refractivity contribution in [1.29, 1.82) is 0 Å². The molecule has 1 aliphatic heterocycles. The Morgan fingerprint density at radius 1 is 1.24 bits per heavy atom. The monoisotopic (exact) mass is 450 g/mol. The summed E-state index contributed by atoms with van der Waals surface area (Å²) < 4.78 is 19.6. The first-order valence-electron chi connectivity index (χ1n) is 10.9. The molecule has 0 fully saturated rings. The van der Waals surface area contributed by atoms with Crippen LogP contribution in [0.15, 0.2) is 30.6 Å². The maximum Gasteiger partial charge on any atom is 0.258 e. The second kappa shape index (κ2) is 9.09. The molecule has 33 heavy (non-hydrogen) atoms. The third kappa shape index (κ3) is 4.48. The smallest absolute Gasteiger partial charge is 0.258 e. The molecule has 0 radical (unpaired) electrons. The number of hydrogen-bond acceptors (Lipinski definition) is 7. The SMILES string of the molecule is COc1cncc(-c2cc(F)ccc2C2Cc3nc(N)nc(C)c3C(=O)N2CCC(C)C)n1. The van der Waals surface area contributed by atoms with Crippen molar-refractivity contribution >= 4 is 11.9 Å². The molecule has 9 heteroatoms. The Balaban J connectivity index is 1.87. The van der Waals surface area contributed by atoms with Gasteiger partial charge in [0.25, 0.3) is 5.91 Å². The van der Waals surface area contributed by atoms with Crippen LogP contribution in [0.25, 0.3) is 11.3 Å². The molecular formula is C24H27FN6O2. The maximum absolute atomic E-state index is 14.4. The van der Waals surface area contributed by atoms with Crippen LogP contribution < -0.4 is 10.5 Å². The molecule has 8 nitrogen and oxygen atoms in total. The zero-order valence-electron chi connectivity index (χ0n) is 19.2. The van der Waals surface area contributed by atoms with E-state index in [9.17, 15) is 9.18 Å². The number of fused-ring (bicyclic) bond motifs is 1. The van der Waals surface area contributed by atoms with Gasteiger partial charge in [0, 0.05) is 18.5 Å². The summed E-state index contributed by atoms with van der Waals surface area (Å²) in [6.07, 6.45) is 4.30. The number of anilines is 1. The Hall–Kier alpha value is -3.62. The Bertz CT molecular complexity index is 1200. The second-order valence-corrected chi connectivity index (χ2v) is 8.57. The van der Waals surface area contributed by atoms with Gasteiger partial charge in [0.05, 0.1) is 48.2 Å². The summed E-state index contributed by atoms with van der Waals surface area (Å²) in [5.41, 5.74) is 9.32. The molecule has 1 amide bonds. The topological polar surface area (TPSA) is 107 Å². The van der Waals surface area contributed by atoms with E-state index in [0.717, 1.165) is 12.0 Å². The predicted octanol–water partition coefficient (Wildman–Crippen LogP) is 3.76. The molecule has 0 aliphatic carbocycles. The first-order chi connectivity index (χ1) is 15.8. The van der Waals surface area contributed by atoms with E-state index in [1.54, 1.807) is 19.2 Å². The Morgan fingerprint density at radius 2 is 2.03 bits per heavy atom. The second-order valence-electron chi connectivity index (χ2n) is 8.57. The van der Waals surface area contributed by atoms with E-state index >= 15 is 0 Å². The van der Waals surface area contributed by atoms with Crippen molar-refractivity contribution in [2.45, 2.75) is 39.7 Å². The van der Waals surface area contributed by atoms with Crippen molar-refractivity contribution in [3.8, 4) is 17.1 Å². The summed E-state index contributed by atoms with van der Waals surface area (Å²) in [5, 5.41) is 0. The lowest BCUT2D eigenvalue weighted by molar-refractivity contribution is 0.0633. The van der Waals surface area contributed by atoms with Crippen molar-refractivity contribution in [2.75, 3.05) is 19.4 Å². The van der Waals surface area contributed by atoms with E-state index in [1.807, 2.05) is 4.90 Å². The molecule has 2 aromatic heterocycles. The van der Waals surface area contributed by atoms with Gasteiger partial charge in [-0.05, 0) is 37.0 Å². The number of nitrogens with two attached hydrogens (primary N) is 1. The van der Waals surface area contributed by atoms with Crippen molar-refractivity contribution in [2.24, 2.45) is 5.92 Å². The number of methoxy groups -OCH3 is 1. The normalized spacial score (nSPS) is 15.6. The van der Waals surface area contributed by atoms with Gasteiger partial charge in [0.15, 0.2) is 0 Å². The average molecular weight is 451 g/mol. The average Bonchev–Trinajstić information content (AvgIpc) is 2.77. The Labute approximate surface area is 192 Å². The molecule has 2 N–H and O–H groups in total. The molecule has 0 saturated heterocycles. The molecule has 0 saturated carbocycles. The van der Waals surface area contributed by atoms with Crippen LogP contribution in [0.2, 0.25) is 0 Å². The number of aromatic nitrogens is 4. The molecule has 3 aromatic rings. The summed E-state index contributed by atoms with van der Waals surface area (Å²) in [7, 11) is 1.50. The minimum absolute atomic E-state index is 0.131. The fourth-order valence-corrected chi connectivity index (χ4v) is 4.21. The highest BCUT2D eigenvalue weighted by Crippen LogP contribution is 2.38. The number of carbonyl (C=O) groups excluding carboxylic acids is 1. The highest BCUT2D eigenvalue weighted by atomic mass is 19.1. The van der Waals surface area contributed by atoms with E-state index in [0.29, 0.717) is 53.0 Å². The van der Waals surface area contributed by atoms with Crippen LogP contribution in [0, 0.1) is 18.7 Å². The number of ether oxygens (including phenoxy) is 1. The Kier molecular flexibility index (Phi) is 6.22. The first kappa shape index (κ1) is 22.6. The molecule has 1 atom stereocenters. The summed E-state index contributed by atoms with van der Waals surface area (Å²) in [4.78, 5) is 32.7. The van der Waals surface area contributed by atoms with Crippen molar-refractivity contribution < 1.29 is 13.9 Å². The van der Waals surface area contributed by atoms with Crippen LogP contribution in [0.4, 0.5) is 10.3 Å². The van der Waals surface area contributed by atoms with Crippen LogP contribution >= 0.6 is 0 Å². The Morgan fingerprint density at radius 3 is 2.76 bits per heavy atom. The van der Waals surface area contributed by atoms with Gasteiger partial charge in [-0.2, -0.15) is 0 Å². The van der Waals surface area contributed by atoms with E-state index in [2.05, 4.69) is 33.8 Å².